The fourth-order valence-electron chi connectivity index (χ4n) is 6.34. The van der Waals surface area contributed by atoms with Crippen molar-refractivity contribution in [2.75, 3.05) is 18.0 Å². The number of alkyl halides is 3. The van der Waals surface area contributed by atoms with E-state index in [9.17, 15) is 26.4 Å². The summed E-state index contributed by atoms with van der Waals surface area (Å²) in [6.07, 6.45) is 1.34. The molecule has 1 aliphatic heterocycles. The average Bonchev–Trinajstić information content (AvgIpc) is 3.64. The number of aromatic nitrogens is 1. The number of amides is 1. The number of sulfonamides is 1. The van der Waals surface area contributed by atoms with Crippen molar-refractivity contribution in [1.82, 2.24) is 9.71 Å². The summed E-state index contributed by atoms with van der Waals surface area (Å²) in [4.78, 5) is 19.0. The van der Waals surface area contributed by atoms with Crippen LogP contribution in [0.25, 0.3) is 0 Å². The highest BCUT2D eigenvalue weighted by atomic mass is 35.5. The lowest BCUT2D eigenvalue weighted by molar-refractivity contribution is -0.191. The van der Waals surface area contributed by atoms with Crippen molar-refractivity contribution in [2.24, 2.45) is 11.1 Å². The molecule has 3 aliphatic carbocycles. The van der Waals surface area contributed by atoms with Crippen molar-refractivity contribution in [2.45, 2.75) is 86.0 Å². The molecular formula is C28H32ClF3N4O4S. The summed E-state index contributed by atoms with van der Waals surface area (Å²) in [5.41, 5.74) is 3.35. The maximum Gasteiger partial charge on any atom is 0.406 e. The molecule has 0 atom stereocenters. The minimum atomic E-state index is -4.54. The van der Waals surface area contributed by atoms with Gasteiger partial charge in [-0.3, -0.25) is 4.79 Å². The van der Waals surface area contributed by atoms with E-state index in [-0.39, 0.29) is 31.7 Å². The van der Waals surface area contributed by atoms with Crippen molar-refractivity contribution in [3.8, 4) is 5.75 Å². The number of pyridine rings is 1. The highest BCUT2D eigenvalue weighted by Gasteiger charge is 2.56. The van der Waals surface area contributed by atoms with Crippen LogP contribution in [-0.4, -0.2) is 49.7 Å². The third-order valence-electron chi connectivity index (χ3n) is 9.37. The van der Waals surface area contributed by atoms with E-state index in [2.05, 4.69) is 9.71 Å². The molecule has 13 heteroatoms. The minimum absolute atomic E-state index is 0.0418. The zero-order valence-corrected chi connectivity index (χ0v) is 23.9. The molecule has 0 unspecified atom stereocenters. The number of halogens is 4. The molecule has 41 heavy (non-hydrogen) atoms. The molecule has 1 aromatic heterocycles. The Balaban J connectivity index is 1.14. The van der Waals surface area contributed by atoms with Gasteiger partial charge in [0.05, 0.1) is 0 Å². The summed E-state index contributed by atoms with van der Waals surface area (Å²) in [6.45, 7) is -0.0835. The summed E-state index contributed by atoms with van der Waals surface area (Å²) < 4.78 is 74.5. The van der Waals surface area contributed by atoms with Crippen LogP contribution in [0, 0.1) is 5.41 Å². The number of carbonyl (C=O) groups excluding carboxylic acids is 1. The molecule has 0 radical (unpaired) electrons. The van der Waals surface area contributed by atoms with E-state index >= 15 is 0 Å². The van der Waals surface area contributed by atoms with Gasteiger partial charge in [-0.05, 0) is 79.7 Å². The monoisotopic (exact) mass is 612 g/mol. The van der Waals surface area contributed by atoms with Crippen molar-refractivity contribution < 1.29 is 31.1 Å². The van der Waals surface area contributed by atoms with Crippen LogP contribution < -0.4 is 20.1 Å². The van der Waals surface area contributed by atoms with E-state index in [0.29, 0.717) is 34.9 Å². The zero-order valence-electron chi connectivity index (χ0n) is 22.3. The van der Waals surface area contributed by atoms with Gasteiger partial charge in [0.1, 0.15) is 17.1 Å². The van der Waals surface area contributed by atoms with Gasteiger partial charge in [-0.15, -0.1) is 0 Å². The van der Waals surface area contributed by atoms with Gasteiger partial charge < -0.3 is 15.4 Å². The second-order valence-corrected chi connectivity index (χ2v) is 14.2. The van der Waals surface area contributed by atoms with Crippen LogP contribution in [0.15, 0.2) is 41.4 Å². The number of carbonyl (C=O) groups is 1. The fraction of sp³-hybridized carbons (Fsp3) is 0.571. The molecule has 1 amide bonds. The third kappa shape index (κ3) is 5.27. The predicted octanol–water partition coefficient (Wildman–Crippen LogP) is 5.06. The van der Waals surface area contributed by atoms with Crippen molar-refractivity contribution in [1.29, 1.82) is 0 Å². The van der Waals surface area contributed by atoms with Gasteiger partial charge in [0, 0.05) is 31.0 Å². The molecule has 0 bridgehead atoms. The molecule has 8 nitrogen and oxygen atoms in total. The molecule has 2 heterocycles. The smallest absolute Gasteiger partial charge is 0.406 e. The Labute approximate surface area is 241 Å². The lowest BCUT2D eigenvalue weighted by Gasteiger charge is -2.54. The second-order valence-electron chi connectivity index (χ2n) is 12.1. The first-order chi connectivity index (χ1) is 19.2. The Bertz CT molecular complexity index is 1460. The minimum Gasteiger partial charge on any atom is -0.477 e. The topological polar surface area (TPSA) is 115 Å². The Kier molecular flexibility index (Phi) is 6.78. The van der Waals surface area contributed by atoms with E-state index in [1.807, 2.05) is 6.07 Å². The molecule has 1 aromatic carbocycles. The van der Waals surface area contributed by atoms with Crippen molar-refractivity contribution in [3.05, 3.63) is 47.0 Å². The molecule has 3 saturated carbocycles. The van der Waals surface area contributed by atoms with E-state index in [0.717, 1.165) is 18.4 Å². The number of rotatable bonds is 7. The van der Waals surface area contributed by atoms with Crippen LogP contribution in [0.5, 0.6) is 5.75 Å². The molecule has 3 N–H and O–H groups in total. The molecule has 4 aliphatic rings. The molecule has 6 rings (SSSR count). The van der Waals surface area contributed by atoms with Crippen LogP contribution in [-0.2, 0) is 14.8 Å². The molecule has 222 valence electrons. The standard InChI is InChI=1S/C28H32ClF3N4O4S/c29-19-5-6-20(18-16-25(17-18)7-2-8-25)21(15-19)40-26(9-10-26)24(37)35-41(38,39)23-4-1-3-22(34-23)36-13-11-27(33,12-14-36)28(30,31)32/h1,3-6,15,18H,2,7-14,16-17,33H2,(H,35,37). The highest BCUT2D eigenvalue weighted by Crippen LogP contribution is 2.63. The number of benzene rings is 1. The third-order valence-corrected chi connectivity index (χ3v) is 10.8. The first-order valence-electron chi connectivity index (χ1n) is 13.9. The van der Waals surface area contributed by atoms with Crippen molar-refractivity contribution >= 4 is 33.3 Å². The number of nitrogens with two attached hydrogens (primary N) is 1. The fourth-order valence-corrected chi connectivity index (χ4v) is 7.51. The van der Waals surface area contributed by atoms with E-state index in [1.54, 1.807) is 17.0 Å². The van der Waals surface area contributed by atoms with Gasteiger partial charge in [-0.1, -0.05) is 30.2 Å². The maximum atomic E-state index is 13.3. The number of hydrogen-bond acceptors (Lipinski definition) is 7. The normalized spacial score (nSPS) is 22.9. The quantitative estimate of drug-likeness (QED) is 0.449. The Morgan fingerprint density at radius 1 is 1.07 bits per heavy atom. The maximum absolute atomic E-state index is 13.3. The van der Waals surface area contributed by atoms with Crippen LogP contribution in [0.4, 0.5) is 19.0 Å². The number of ether oxygens (including phenoxy) is 1. The van der Waals surface area contributed by atoms with E-state index < -0.39 is 38.3 Å². The Morgan fingerprint density at radius 3 is 2.34 bits per heavy atom. The Morgan fingerprint density at radius 2 is 1.76 bits per heavy atom. The van der Waals surface area contributed by atoms with Gasteiger partial charge in [-0.2, -0.15) is 21.6 Å². The number of piperidine rings is 1. The summed E-state index contributed by atoms with van der Waals surface area (Å²) in [7, 11) is -4.39. The highest BCUT2D eigenvalue weighted by molar-refractivity contribution is 7.90. The number of anilines is 1. The molecule has 4 fully saturated rings. The first kappa shape index (κ1) is 28.5. The van der Waals surface area contributed by atoms with Gasteiger partial charge in [0.2, 0.25) is 0 Å². The van der Waals surface area contributed by atoms with Gasteiger partial charge in [-0.25, -0.2) is 9.71 Å². The largest absolute Gasteiger partial charge is 0.477 e. The zero-order chi connectivity index (χ0) is 29.3. The number of hydrogen-bond donors (Lipinski definition) is 2. The van der Waals surface area contributed by atoms with Crippen LogP contribution >= 0.6 is 11.6 Å². The van der Waals surface area contributed by atoms with E-state index in [1.165, 1.54) is 37.5 Å². The van der Waals surface area contributed by atoms with Crippen LogP contribution in [0.2, 0.25) is 5.02 Å². The molecule has 1 saturated heterocycles. The van der Waals surface area contributed by atoms with Crippen molar-refractivity contribution in [3.63, 3.8) is 0 Å². The lowest BCUT2D eigenvalue weighted by atomic mass is 9.50. The number of nitrogens with one attached hydrogen (secondary N) is 1. The lowest BCUT2D eigenvalue weighted by Crippen LogP contribution is -2.59. The van der Waals surface area contributed by atoms with Crippen LogP contribution in [0.1, 0.15) is 69.3 Å². The summed E-state index contributed by atoms with van der Waals surface area (Å²) in [5, 5.41) is 0.0503. The molecule has 1 spiro atoms. The first-order valence-corrected chi connectivity index (χ1v) is 15.7. The molecular weight excluding hydrogens is 581 g/mol. The summed E-state index contributed by atoms with van der Waals surface area (Å²) in [6, 6.07) is 9.59. The van der Waals surface area contributed by atoms with Gasteiger partial charge in [0.15, 0.2) is 10.6 Å². The Hall–Kier alpha value is -2.57. The summed E-state index contributed by atoms with van der Waals surface area (Å²) >= 11 is 6.26. The molecule has 2 aromatic rings. The van der Waals surface area contributed by atoms with Gasteiger partial charge in [0.25, 0.3) is 15.9 Å². The predicted molar refractivity (Wildman–Crippen MR) is 146 cm³/mol. The number of nitrogens with zero attached hydrogens (tertiary/aromatic N) is 2. The SMILES string of the molecule is NC1(C(F)(F)F)CCN(c2cccc(S(=O)(=O)NC(=O)C3(Oc4cc(Cl)ccc4C4CC5(CCC5)C4)CC3)n2)CC1. The van der Waals surface area contributed by atoms with Gasteiger partial charge >= 0.3 is 6.18 Å². The average molecular weight is 613 g/mol. The second kappa shape index (κ2) is 9.74. The summed E-state index contributed by atoms with van der Waals surface area (Å²) in [5.74, 6) is 0.209. The van der Waals surface area contributed by atoms with Crippen LogP contribution in [0.3, 0.4) is 0 Å². The van der Waals surface area contributed by atoms with E-state index in [4.69, 9.17) is 22.1 Å².